The molecule has 0 N–H and O–H groups in total. The molecule has 0 aliphatic carbocycles. The van der Waals surface area contributed by atoms with Crippen molar-refractivity contribution in [3.63, 3.8) is 0 Å². The lowest BCUT2D eigenvalue weighted by Crippen LogP contribution is -2.33. The molecule has 1 saturated heterocycles. The van der Waals surface area contributed by atoms with E-state index in [1.54, 1.807) is 7.11 Å². The molecule has 0 unspecified atom stereocenters. The summed E-state index contributed by atoms with van der Waals surface area (Å²) in [5, 5.41) is 0. The fourth-order valence-electron chi connectivity index (χ4n) is 1.49. The molecule has 1 rings (SSSR count). The van der Waals surface area contributed by atoms with Gasteiger partial charge >= 0.3 is 0 Å². The molecule has 3 heteroatoms. The zero-order valence-corrected chi connectivity index (χ0v) is 8.04. The van der Waals surface area contributed by atoms with Crippen molar-refractivity contribution in [3.05, 3.63) is 0 Å². The quantitative estimate of drug-likeness (QED) is 0.617. The highest BCUT2D eigenvalue weighted by Crippen LogP contribution is 2.14. The first kappa shape index (κ1) is 9.52. The van der Waals surface area contributed by atoms with Gasteiger partial charge < -0.3 is 9.64 Å². The molecule has 1 aliphatic heterocycles. The maximum atomic E-state index is 11.5. The molecule has 0 saturated carbocycles. The lowest BCUT2D eigenvalue weighted by atomic mass is 10.2. The molecule has 0 spiro atoms. The second-order valence-corrected chi connectivity index (χ2v) is 3.59. The van der Waals surface area contributed by atoms with Crippen LogP contribution in [-0.2, 0) is 9.53 Å². The molecule has 70 valence electrons. The van der Waals surface area contributed by atoms with Crippen LogP contribution < -0.4 is 0 Å². The molecule has 0 bridgehead atoms. The van der Waals surface area contributed by atoms with Gasteiger partial charge in [0.05, 0.1) is 6.10 Å². The Hall–Kier alpha value is -0.570. The highest BCUT2D eigenvalue weighted by atomic mass is 16.5. The highest BCUT2D eigenvalue weighted by molar-refractivity contribution is 5.78. The first-order valence-corrected chi connectivity index (χ1v) is 4.46. The van der Waals surface area contributed by atoms with E-state index in [-0.39, 0.29) is 17.9 Å². The minimum atomic E-state index is 0.112. The normalized spacial score (nSPS) is 23.7. The maximum absolute atomic E-state index is 11.5. The van der Waals surface area contributed by atoms with Crippen LogP contribution in [0.25, 0.3) is 0 Å². The van der Waals surface area contributed by atoms with Crippen LogP contribution >= 0.6 is 0 Å². The number of methoxy groups -OCH3 is 1. The summed E-state index contributed by atoms with van der Waals surface area (Å²) in [5.74, 6) is 0.357. The first-order valence-electron chi connectivity index (χ1n) is 4.46. The molecule has 0 radical (unpaired) electrons. The van der Waals surface area contributed by atoms with Crippen LogP contribution in [0.2, 0.25) is 0 Å². The maximum Gasteiger partial charge on any atom is 0.225 e. The zero-order chi connectivity index (χ0) is 9.14. The molecule has 0 aromatic rings. The Bertz CT molecular complexity index is 168. The van der Waals surface area contributed by atoms with Crippen molar-refractivity contribution >= 4 is 5.91 Å². The summed E-state index contributed by atoms with van der Waals surface area (Å²) >= 11 is 0. The van der Waals surface area contributed by atoms with Crippen LogP contribution in [0.4, 0.5) is 0 Å². The van der Waals surface area contributed by atoms with E-state index in [9.17, 15) is 4.79 Å². The molecule has 1 amide bonds. The molecule has 0 aromatic heterocycles. The third-order valence-corrected chi connectivity index (χ3v) is 2.28. The minimum Gasteiger partial charge on any atom is -0.380 e. The number of ether oxygens (including phenoxy) is 1. The average Bonchev–Trinajstić information content (AvgIpc) is 2.50. The van der Waals surface area contributed by atoms with Gasteiger partial charge in [0.1, 0.15) is 0 Å². The number of amides is 1. The summed E-state index contributed by atoms with van der Waals surface area (Å²) < 4.78 is 5.18. The highest BCUT2D eigenvalue weighted by Gasteiger charge is 2.26. The summed E-state index contributed by atoms with van der Waals surface area (Å²) in [5.41, 5.74) is 0. The van der Waals surface area contributed by atoms with Gasteiger partial charge in [-0.1, -0.05) is 13.8 Å². The molecule has 0 aromatic carbocycles. The second kappa shape index (κ2) is 3.90. The molecule has 3 nitrogen and oxygen atoms in total. The SMILES string of the molecule is CO[C@@H]1CCN(C(=O)C(C)C)C1. The Morgan fingerprint density at radius 2 is 2.25 bits per heavy atom. The van der Waals surface area contributed by atoms with E-state index >= 15 is 0 Å². The number of likely N-dealkylation sites (tertiary alicyclic amines) is 1. The molecular formula is C9H17NO2. The van der Waals surface area contributed by atoms with Gasteiger partial charge in [-0.3, -0.25) is 4.79 Å². The number of nitrogens with zero attached hydrogens (tertiary/aromatic N) is 1. The molecule has 1 heterocycles. The predicted molar refractivity (Wildman–Crippen MR) is 46.8 cm³/mol. The van der Waals surface area contributed by atoms with E-state index in [1.165, 1.54) is 0 Å². The fraction of sp³-hybridized carbons (Fsp3) is 0.889. The van der Waals surface area contributed by atoms with Gasteiger partial charge in [0.15, 0.2) is 0 Å². The Morgan fingerprint density at radius 1 is 1.58 bits per heavy atom. The van der Waals surface area contributed by atoms with Crippen molar-refractivity contribution in [2.45, 2.75) is 26.4 Å². The number of rotatable bonds is 2. The van der Waals surface area contributed by atoms with Gasteiger partial charge in [0.2, 0.25) is 5.91 Å². The van der Waals surface area contributed by atoms with Gasteiger partial charge in [-0.05, 0) is 6.42 Å². The topological polar surface area (TPSA) is 29.5 Å². The fourth-order valence-corrected chi connectivity index (χ4v) is 1.49. The third kappa shape index (κ3) is 1.97. The van der Waals surface area contributed by atoms with E-state index in [4.69, 9.17) is 4.74 Å². The van der Waals surface area contributed by atoms with E-state index in [1.807, 2.05) is 18.7 Å². The molecule has 1 atom stereocenters. The standard InChI is InChI=1S/C9H17NO2/c1-7(2)9(11)10-5-4-8(6-10)12-3/h7-8H,4-6H2,1-3H3/t8-/m1/s1. The number of hydrogen-bond donors (Lipinski definition) is 0. The number of hydrogen-bond acceptors (Lipinski definition) is 2. The van der Waals surface area contributed by atoms with Crippen molar-refractivity contribution in [2.75, 3.05) is 20.2 Å². The van der Waals surface area contributed by atoms with Crippen LogP contribution in [0.5, 0.6) is 0 Å². The molecule has 1 fully saturated rings. The smallest absolute Gasteiger partial charge is 0.225 e. The second-order valence-electron chi connectivity index (χ2n) is 3.59. The summed E-state index contributed by atoms with van der Waals surface area (Å²) in [6.07, 6.45) is 1.24. The van der Waals surface area contributed by atoms with Gasteiger partial charge in [-0.25, -0.2) is 0 Å². The van der Waals surface area contributed by atoms with Gasteiger partial charge in [0, 0.05) is 26.1 Å². The Kier molecular flexibility index (Phi) is 3.09. The van der Waals surface area contributed by atoms with Crippen LogP contribution in [0, 0.1) is 5.92 Å². The number of carbonyl (C=O) groups excluding carboxylic acids is 1. The van der Waals surface area contributed by atoms with Crippen molar-refractivity contribution in [2.24, 2.45) is 5.92 Å². The zero-order valence-electron chi connectivity index (χ0n) is 8.04. The average molecular weight is 171 g/mol. The lowest BCUT2D eigenvalue weighted by molar-refractivity contribution is -0.133. The lowest BCUT2D eigenvalue weighted by Gasteiger charge is -2.18. The van der Waals surface area contributed by atoms with Crippen LogP contribution in [0.3, 0.4) is 0 Å². The van der Waals surface area contributed by atoms with E-state index < -0.39 is 0 Å². The summed E-state index contributed by atoms with van der Waals surface area (Å²) in [7, 11) is 1.70. The summed E-state index contributed by atoms with van der Waals surface area (Å²) in [6, 6.07) is 0. The molecule has 12 heavy (non-hydrogen) atoms. The first-order chi connectivity index (χ1) is 5.65. The van der Waals surface area contributed by atoms with E-state index in [2.05, 4.69) is 0 Å². The Morgan fingerprint density at radius 3 is 2.67 bits per heavy atom. The van der Waals surface area contributed by atoms with Crippen molar-refractivity contribution in [1.82, 2.24) is 4.90 Å². The van der Waals surface area contributed by atoms with Crippen molar-refractivity contribution < 1.29 is 9.53 Å². The van der Waals surface area contributed by atoms with Gasteiger partial charge in [0.25, 0.3) is 0 Å². The van der Waals surface area contributed by atoms with Gasteiger partial charge in [-0.2, -0.15) is 0 Å². The summed E-state index contributed by atoms with van der Waals surface area (Å²) in [4.78, 5) is 13.4. The molecular weight excluding hydrogens is 154 g/mol. The van der Waals surface area contributed by atoms with Crippen molar-refractivity contribution in [1.29, 1.82) is 0 Å². The number of carbonyl (C=O) groups is 1. The third-order valence-electron chi connectivity index (χ3n) is 2.28. The van der Waals surface area contributed by atoms with Gasteiger partial charge in [-0.15, -0.1) is 0 Å². The van der Waals surface area contributed by atoms with Crippen LogP contribution in [0.15, 0.2) is 0 Å². The van der Waals surface area contributed by atoms with E-state index in [0.29, 0.717) is 0 Å². The van der Waals surface area contributed by atoms with E-state index in [0.717, 1.165) is 19.5 Å². The van der Waals surface area contributed by atoms with Crippen LogP contribution in [-0.4, -0.2) is 37.1 Å². The monoisotopic (exact) mass is 171 g/mol. The molecule has 1 aliphatic rings. The van der Waals surface area contributed by atoms with Crippen LogP contribution in [0.1, 0.15) is 20.3 Å². The largest absolute Gasteiger partial charge is 0.380 e. The minimum absolute atomic E-state index is 0.112. The Labute approximate surface area is 73.7 Å². The predicted octanol–water partition coefficient (Wildman–Crippen LogP) is 0.890. The Balaban J connectivity index is 2.41. The summed E-state index contributed by atoms with van der Waals surface area (Å²) in [6.45, 7) is 5.49. The van der Waals surface area contributed by atoms with Crippen molar-refractivity contribution in [3.8, 4) is 0 Å².